The van der Waals surface area contributed by atoms with Crippen molar-refractivity contribution in [2.24, 2.45) is 0 Å². The van der Waals surface area contributed by atoms with Crippen molar-refractivity contribution < 1.29 is 13.2 Å². The van der Waals surface area contributed by atoms with Crippen LogP contribution < -0.4 is 5.32 Å². The van der Waals surface area contributed by atoms with Crippen molar-refractivity contribution in [3.05, 3.63) is 33.8 Å². The van der Waals surface area contributed by atoms with Gasteiger partial charge in [-0.05, 0) is 30.8 Å². The molecule has 114 valence electrons. The summed E-state index contributed by atoms with van der Waals surface area (Å²) in [6.45, 7) is 8.25. The fraction of sp³-hybridized carbons (Fsp3) is 0.571. The third-order valence-corrected chi connectivity index (χ3v) is 3.86. The number of nitrogens with one attached hydrogen (secondary N) is 1. The summed E-state index contributed by atoms with van der Waals surface area (Å²) < 4.78 is 38.4. The average Bonchev–Trinajstić information content (AvgIpc) is 2.39. The average molecular weight is 353 g/mol. The highest BCUT2D eigenvalue weighted by Crippen LogP contribution is 2.35. The molecule has 0 aromatic heterocycles. The van der Waals surface area contributed by atoms with Crippen molar-refractivity contribution in [3.63, 3.8) is 0 Å². The summed E-state index contributed by atoms with van der Waals surface area (Å²) in [7, 11) is 0. The van der Waals surface area contributed by atoms with Gasteiger partial charge in [-0.1, -0.05) is 35.8 Å². The van der Waals surface area contributed by atoms with Crippen LogP contribution in [0.25, 0.3) is 0 Å². The van der Waals surface area contributed by atoms with E-state index in [0.29, 0.717) is 12.1 Å². The highest BCUT2D eigenvalue weighted by Gasteiger charge is 2.32. The second kappa shape index (κ2) is 8.00. The van der Waals surface area contributed by atoms with E-state index in [2.05, 4.69) is 40.0 Å². The zero-order valence-corrected chi connectivity index (χ0v) is 13.3. The van der Waals surface area contributed by atoms with Crippen LogP contribution in [0.1, 0.15) is 25.0 Å². The Morgan fingerprint density at radius 3 is 2.40 bits per heavy atom. The van der Waals surface area contributed by atoms with Crippen LogP contribution in [0.3, 0.4) is 0 Å². The lowest BCUT2D eigenvalue weighted by atomic mass is 10.1. The number of benzene rings is 1. The van der Waals surface area contributed by atoms with Crippen molar-refractivity contribution in [2.45, 2.75) is 26.6 Å². The largest absolute Gasteiger partial charge is 0.417 e. The molecule has 20 heavy (non-hydrogen) atoms. The van der Waals surface area contributed by atoms with Crippen LogP contribution in [0.5, 0.6) is 0 Å². The molecule has 1 rings (SSSR count). The molecule has 0 atom stereocenters. The molecule has 1 N–H and O–H groups in total. The van der Waals surface area contributed by atoms with Crippen LogP contribution >= 0.6 is 15.9 Å². The predicted molar refractivity (Wildman–Crippen MR) is 78.6 cm³/mol. The summed E-state index contributed by atoms with van der Waals surface area (Å²) >= 11 is 2.94. The number of likely N-dealkylation sites (N-methyl/N-ethyl adjacent to an activating group) is 1. The Morgan fingerprint density at radius 2 is 1.85 bits per heavy atom. The summed E-state index contributed by atoms with van der Waals surface area (Å²) in [5, 5.41) is 3.17. The quantitative estimate of drug-likeness (QED) is 0.748. The molecular formula is C14H20BrF3N2. The molecule has 0 fully saturated rings. The van der Waals surface area contributed by atoms with Crippen LogP contribution in [0.15, 0.2) is 22.7 Å². The number of nitrogens with zero attached hydrogens (tertiary/aromatic N) is 1. The minimum Gasteiger partial charge on any atom is -0.311 e. The Hall–Kier alpha value is -0.590. The van der Waals surface area contributed by atoms with Gasteiger partial charge in [0.2, 0.25) is 0 Å². The molecule has 0 aliphatic rings. The Labute approximate surface area is 126 Å². The smallest absolute Gasteiger partial charge is 0.311 e. The molecule has 1 aromatic rings. The summed E-state index contributed by atoms with van der Waals surface area (Å²) in [5.41, 5.74) is 0.0145. The summed E-state index contributed by atoms with van der Waals surface area (Å²) in [6.07, 6.45) is -4.32. The van der Waals surface area contributed by atoms with E-state index in [-0.39, 0.29) is 4.47 Å². The standard InChI is InChI=1S/C14H20BrF3N2/c1-3-20(4-2)8-7-19-10-11-5-6-13(15)12(9-11)14(16,17)18/h5-6,9,19H,3-4,7-8,10H2,1-2H3. The molecule has 2 nitrogen and oxygen atoms in total. The van der Waals surface area contributed by atoms with Gasteiger partial charge in [-0.25, -0.2) is 0 Å². The second-order valence-electron chi connectivity index (χ2n) is 4.52. The van der Waals surface area contributed by atoms with Gasteiger partial charge < -0.3 is 10.2 Å². The molecule has 1 aromatic carbocycles. The van der Waals surface area contributed by atoms with E-state index < -0.39 is 11.7 Å². The van der Waals surface area contributed by atoms with Crippen LogP contribution in [0.4, 0.5) is 13.2 Å². The van der Waals surface area contributed by atoms with E-state index >= 15 is 0 Å². The third-order valence-electron chi connectivity index (χ3n) is 3.16. The monoisotopic (exact) mass is 352 g/mol. The predicted octanol–water partition coefficient (Wildman–Crippen LogP) is 3.90. The Bertz CT molecular complexity index is 417. The lowest BCUT2D eigenvalue weighted by Crippen LogP contribution is -2.31. The molecule has 6 heteroatoms. The molecular weight excluding hydrogens is 333 g/mol. The van der Waals surface area contributed by atoms with E-state index in [1.807, 2.05) is 0 Å². The first-order chi connectivity index (χ1) is 9.38. The molecule has 0 aliphatic heterocycles. The molecule has 0 bridgehead atoms. The molecule has 0 spiro atoms. The van der Waals surface area contributed by atoms with Gasteiger partial charge in [-0.2, -0.15) is 13.2 Å². The van der Waals surface area contributed by atoms with Gasteiger partial charge in [-0.15, -0.1) is 0 Å². The zero-order chi connectivity index (χ0) is 15.2. The number of halogens is 4. The Kier molecular flexibility index (Phi) is 6.99. The van der Waals surface area contributed by atoms with Gasteiger partial charge in [0.05, 0.1) is 5.56 Å². The Morgan fingerprint density at radius 1 is 1.20 bits per heavy atom. The van der Waals surface area contributed by atoms with Gasteiger partial charge in [0.1, 0.15) is 0 Å². The third kappa shape index (κ3) is 5.42. The molecule has 0 saturated heterocycles. The molecule has 0 heterocycles. The number of hydrogen-bond acceptors (Lipinski definition) is 2. The van der Waals surface area contributed by atoms with Gasteiger partial charge in [0, 0.05) is 24.1 Å². The van der Waals surface area contributed by atoms with Crippen molar-refractivity contribution in [1.29, 1.82) is 0 Å². The van der Waals surface area contributed by atoms with E-state index in [4.69, 9.17) is 0 Å². The number of rotatable bonds is 7. The first-order valence-electron chi connectivity index (χ1n) is 6.67. The topological polar surface area (TPSA) is 15.3 Å². The minimum atomic E-state index is -4.32. The van der Waals surface area contributed by atoms with Crippen LogP contribution in [-0.4, -0.2) is 31.1 Å². The normalized spacial score (nSPS) is 12.2. The molecule has 0 unspecified atom stereocenters. The molecule has 0 aliphatic carbocycles. The summed E-state index contributed by atoms with van der Waals surface area (Å²) in [6, 6.07) is 4.34. The first kappa shape index (κ1) is 17.5. The zero-order valence-electron chi connectivity index (χ0n) is 11.7. The fourth-order valence-electron chi connectivity index (χ4n) is 1.91. The van der Waals surface area contributed by atoms with Crippen molar-refractivity contribution in [3.8, 4) is 0 Å². The highest BCUT2D eigenvalue weighted by atomic mass is 79.9. The van der Waals surface area contributed by atoms with E-state index in [9.17, 15) is 13.2 Å². The second-order valence-corrected chi connectivity index (χ2v) is 5.37. The maximum absolute atomic E-state index is 12.8. The lowest BCUT2D eigenvalue weighted by Gasteiger charge is -2.18. The fourth-order valence-corrected chi connectivity index (χ4v) is 2.38. The van der Waals surface area contributed by atoms with Crippen LogP contribution in [0, 0.1) is 0 Å². The van der Waals surface area contributed by atoms with Gasteiger partial charge in [0.25, 0.3) is 0 Å². The number of hydrogen-bond donors (Lipinski definition) is 1. The first-order valence-corrected chi connectivity index (χ1v) is 7.46. The van der Waals surface area contributed by atoms with Gasteiger partial charge in [-0.3, -0.25) is 0 Å². The summed E-state index contributed by atoms with van der Waals surface area (Å²) in [5.74, 6) is 0. The maximum atomic E-state index is 12.8. The Balaban J connectivity index is 2.53. The van der Waals surface area contributed by atoms with E-state index in [1.165, 1.54) is 12.1 Å². The summed E-state index contributed by atoms with van der Waals surface area (Å²) in [4.78, 5) is 2.26. The number of alkyl halides is 3. The van der Waals surface area contributed by atoms with Crippen LogP contribution in [0.2, 0.25) is 0 Å². The lowest BCUT2D eigenvalue weighted by molar-refractivity contribution is -0.138. The van der Waals surface area contributed by atoms with E-state index in [1.54, 1.807) is 6.07 Å². The van der Waals surface area contributed by atoms with Crippen molar-refractivity contribution >= 4 is 15.9 Å². The minimum absolute atomic E-state index is 0.0805. The highest BCUT2D eigenvalue weighted by molar-refractivity contribution is 9.10. The van der Waals surface area contributed by atoms with Gasteiger partial charge >= 0.3 is 6.18 Å². The van der Waals surface area contributed by atoms with Crippen molar-refractivity contribution in [2.75, 3.05) is 26.2 Å². The molecule has 0 saturated carbocycles. The molecule has 0 amide bonds. The SMILES string of the molecule is CCN(CC)CCNCc1ccc(Br)c(C(F)(F)F)c1. The van der Waals surface area contributed by atoms with Crippen LogP contribution in [-0.2, 0) is 12.7 Å². The van der Waals surface area contributed by atoms with E-state index in [0.717, 1.165) is 26.2 Å². The van der Waals surface area contributed by atoms with Gasteiger partial charge in [0.15, 0.2) is 0 Å². The maximum Gasteiger partial charge on any atom is 0.417 e. The molecule has 0 radical (unpaired) electrons. The van der Waals surface area contributed by atoms with Crippen molar-refractivity contribution in [1.82, 2.24) is 10.2 Å².